The zero-order chi connectivity index (χ0) is 21.2. The monoisotopic (exact) mass is 444 g/mol. The highest BCUT2D eigenvalue weighted by atomic mass is 32.2. The molecular weight excluding hydrogens is 420 g/mol. The third kappa shape index (κ3) is 8.21. The molecule has 0 amide bonds. The first kappa shape index (κ1) is 23.5. The van der Waals surface area contributed by atoms with Crippen molar-refractivity contribution < 1.29 is 34.7 Å². The van der Waals surface area contributed by atoms with Crippen LogP contribution in [0.4, 0.5) is 0 Å². The van der Waals surface area contributed by atoms with Gasteiger partial charge >= 0.3 is 0 Å². The molecule has 0 aromatic heterocycles. The maximum Gasteiger partial charge on any atom is 0.297 e. The van der Waals surface area contributed by atoms with Crippen LogP contribution in [-0.2, 0) is 38.1 Å². The Morgan fingerprint density at radius 3 is 1.48 bits per heavy atom. The second-order valence-electron chi connectivity index (χ2n) is 5.90. The maximum absolute atomic E-state index is 12.0. The fourth-order valence-corrected chi connectivity index (χ4v) is 3.96. The summed E-state index contributed by atoms with van der Waals surface area (Å²) in [6.07, 6.45) is 0. The molecule has 0 spiro atoms. The van der Waals surface area contributed by atoms with Crippen molar-refractivity contribution in [3.05, 3.63) is 60.2 Å². The average molecular weight is 445 g/mol. The van der Waals surface area contributed by atoms with Gasteiger partial charge in [-0.2, -0.15) is 16.8 Å². The summed E-state index contributed by atoms with van der Waals surface area (Å²) in [5, 5.41) is 0. The van der Waals surface area contributed by atoms with Crippen molar-refractivity contribution >= 4 is 20.2 Å². The van der Waals surface area contributed by atoms with Crippen molar-refractivity contribution in [3.8, 4) is 0 Å². The lowest BCUT2D eigenvalue weighted by atomic mass is 10.2. The highest BCUT2D eigenvalue weighted by Gasteiger charge is 2.15. The van der Waals surface area contributed by atoms with Crippen LogP contribution in [0.25, 0.3) is 0 Å². The molecule has 2 rings (SSSR count). The molecule has 0 aliphatic rings. The van der Waals surface area contributed by atoms with Crippen LogP contribution in [0.2, 0.25) is 0 Å². The average Bonchev–Trinajstić information content (AvgIpc) is 2.70. The van der Waals surface area contributed by atoms with Crippen molar-refractivity contribution in [2.75, 3.05) is 39.6 Å². The van der Waals surface area contributed by atoms with Gasteiger partial charge in [-0.25, -0.2) is 0 Å². The molecule has 160 valence electrons. The molecule has 2 aromatic rings. The first-order valence-corrected chi connectivity index (χ1v) is 11.7. The summed E-state index contributed by atoms with van der Waals surface area (Å²) in [7, 11) is -7.59. The summed E-state index contributed by atoms with van der Waals surface area (Å²) in [6, 6.07) is 14.2. The minimum atomic E-state index is -3.80. The molecule has 0 fully saturated rings. The van der Waals surface area contributed by atoms with E-state index < -0.39 is 20.2 Å². The molecule has 29 heavy (non-hydrogen) atoms. The predicted octanol–water partition coefficient (Wildman–Crippen LogP) is 2.14. The lowest BCUT2D eigenvalue weighted by Crippen LogP contribution is -2.15. The lowest BCUT2D eigenvalue weighted by molar-refractivity contribution is 0.0285. The van der Waals surface area contributed by atoms with Gasteiger partial charge in [-0.05, 0) is 31.2 Å². The van der Waals surface area contributed by atoms with Crippen LogP contribution in [0.3, 0.4) is 0 Å². The molecule has 0 atom stereocenters. The van der Waals surface area contributed by atoms with E-state index in [0.717, 1.165) is 5.56 Å². The van der Waals surface area contributed by atoms with Gasteiger partial charge < -0.3 is 9.47 Å². The van der Waals surface area contributed by atoms with Crippen LogP contribution in [0.15, 0.2) is 64.4 Å². The van der Waals surface area contributed by atoms with Crippen molar-refractivity contribution in [1.29, 1.82) is 0 Å². The van der Waals surface area contributed by atoms with Gasteiger partial charge in [0.2, 0.25) is 0 Å². The highest BCUT2D eigenvalue weighted by molar-refractivity contribution is 7.87. The molecular formula is C19H24O8S2. The number of aryl methyl sites for hydroxylation is 1. The van der Waals surface area contributed by atoms with E-state index in [1.807, 2.05) is 6.92 Å². The Balaban J connectivity index is 1.53. The normalized spacial score (nSPS) is 12.2. The molecule has 0 aliphatic carbocycles. The number of ether oxygens (including phenoxy) is 2. The minimum Gasteiger partial charge on any atom is -0.377 e. The Morgan fingerprint density at radius 1 is 0.586 bits per heavy atom. The number of hydrogen-bond acceptors (Lipinski definition) is 8. The van der Waals surface area contributed by atoms with Gasteiger partial charge in [0.25, 0.3) is 20.2 Å². The first-order chi connectivity index (χ1) is 13.8. The zero-order valence-corrected chi connectivity index (χ0v) is 17.7. The van der Waals surface area contributed by atoms with Crippen molar-refractivity contribution in [3.63, 3.8) is 0 Å². The lowest BCUT2D eigenvalue weighted by Gasteiger charge is -2.08. The van der Waals surface area contributed by atoms with E-state index >= 15 is 0 Å². The van der Waals surface area contributed by atoms with Crippen molar-refractivity contribution in [1.82, 2.24) is 0 Å². The van der Waals surface area contributed by atoms with Gasteiger partial charge in [0.05, 0.1) is 49.4 Å². The predicted molar refractivity (Wildman–Crippen MR) is 106 cm³/mol. The molecule has 0 heterocycles. The van der Waals surface area contributed by atoms with Gasteiger partial charge in [0.1, 0.15) is 0 Å². The Morgan fingerprint density at radius 2 is 1.00 bits per heavy atom. The van der Waals surface area contributed by atoms with Crippen molar-refractivity contribution in [2.24, 2.45) is 0 Å². The number of benzene rings is 2. The van der Waals surface area contributed by atoms with Crippen molar-refractivity contribution in [2.45, 2.75) is 16.7 Å². The molecule has 0 saturated heterocycles. The topological polar surface area (TPSA) is 105 Å². The summed E-state index contributed by atoms with van der Waals surface area (Å²) in [4.78, 5) is 0.181. The van der Waals surface area contributed by atoms with Gasteiger partial charge in [-0.1, -0.05) is 35.9 Å². The number of hydrogen-bond donors (Lipinski definition) is 0. The Bertz CT molecular complexity index is 939. The van der Waals surface area contributed by atoms with Gasteiger partial charge in [0, 0.05) is 0 Å². The van der Waals surface area contributed by atoms with E-state index in [1.54, 1.807) is 30.3 Å². The van der Waals surface area contributed by atoms with E-state index in [-0.39, 0.29) is 49.4 Å². The Labute approximate surface area is 171 Å². The summed E-state index contributed by atoms with van der Waals surface area (Å²) in [5.41, 5.74) is 0.954. The molecule has 8 nitrogen and oxygen atoms in total. The first-order valence-electron chi connectivity index (χ1n) is 8.87. The fraction of sp³-hybridized carbons (Fsp3) is 0.368. The molecule has 2 aromatic carbocycles. The van der Waals surface area contributed by atoms with Crippen LogP contribution in [-0.4, -0.2) is 56.5 Å². The smallest absolute Gasteiger partial charge is 0.297 e. The molecule has 0 radical (unpaired) electrons. The largest absolute Gasteiger partial charge is 0.377 e. The Hall–Kier alpha value is -1.82. The maximum atomic E-state index is 12.0. The van der Waals surface area contributed by atoms with E-state index in [4.69, 9.17) is 17.8 Å². The third-order valence-corrected chi connectivity index (χ3v) is 6.30. The molecule has 0 aliphatic heterocycles. The van der Waals surface area contributed by atoms with Gasteiger partial charge in [-0.15, -0.1) is 0 Å². The summed E-state index contributed by atoms with van der Waals surface area (Å²) in [6.45, 7) is 2.20. The Kier molecular flexibility index (Phi) is 9.21. The van der Waals surface area contributed by atoms with Crippen LogP contribution in [0.1, 0.15) is 5.56 Å². The van der Waals surface area contributed by atoms with Gasteiger partial charge in [-0.3, -0.25) is 8.37 Å². The third-order valence-electron chi connectivity index (χ3n) is 3.65. The molecule has 10 heteroatoms. The number of rotatable bonds is 13. The van der Waals surface area contributed by atoms with Gasteiger partial charge in [0.15, 0.2) is 0 Å². The summed E-state index contributed by atoms with van der Waals surface area (Å²) >= 11 is 0. The summed E-state index contributed by atoms with van der Waals surface area (Å²) < 4.78 is 67.9. The molecule has 0 unspecified atom stereocenters. The van der Waals surface area contributed by atoms with Crippen LogP contribution < -0.4 is 0 Å². The van der Waals surface area contributed by atoms with E-state index in [2.05, 4.69) is 0 Å². The van der Waals surface area contributed by atoms with Crippen LogP contribution in [0, 0.1) is 6.92 Å². The molecule has 0 N–H and O–H groups in total. The van der Waals surface area contributed by atoms with E-state index in [0.29, 0.717) is 0 Å². The molecule has 0 bridgehead atoms. The summed E-state index contributed by atoms with van der Waals surface area (Å²) in [5.74, 6) is 0. The fourth-order valence-electron chi connectivity index (χ4n) is 2.16. The van der Waals surface area contributed by atoms with E-state index in [9.17, 15) is 16.8 Å². The second-order valence-corrected chi connectivity index (χ2v) is 9.13. The van der Waals surface area contributed by atoms with Crippen LogP contribution >= 0.6 is 0 Å². The quantitative estimate of drug-likeness (QED) is 0.342. The SMILES string of the molecule is Cc1ccc(S(=O)(=O)OCCOCCOCCOS(=O)(=O)c2ccccc2)cc1. The van der Waals surface area contributed by atoms with Crippen LogP contribution in [0.5, 0.6) is 0 Å². The standard InChI is InChI=1S/C19H24O8S2/c1-17-7-9-19(10-8-17)29(22,23)27-16-14-25-12-11-24-13-15-26-28(20,21)18-5-3-2-4-6-18/h2-10H,11-16H2,1H3. The molecule has 0 saturated carbocycles. The minimum absolute atomic E-state index is 0.0767. The second kappa shape index (κ2) is 11.4. The zero-order valence-electron chi connectivity index (χ0n) is 16.0. The highest BCUT2D eigenvalue weighted by Crippen LogP contribution is 2.13. The van der Waals surface area contributed by atoms with E-state index in [1.165, 1.54) is 24.3 Å².